The molecule has 0 atom stereocenters. The summed E-state index contributed by atoms with van der Waals surface area (Å²) in [5.41, 5.74) is 1.52. The number of nitrogens with zero attached hydrogens (tertiary/aromatic N) is 2. The minimum absolute atomic E-state index is 0.116. The number of hydrogen-bond acceptors (Lipinski definition) is 4. The zero-order chi connectivity index (χ0) is 17.1. The van der Waals surface area contributed by atoms with E-state index in [9.17, 15) is 9.59 Å². The van der Waals surface area contributed by atoms with Crippen LogP contribution in [0.2, 0.25) is 0 Å². The minimum Gasteiger partial charge on any atom is -0.475 e. The number of aromatic nitrogens is 1. The number of aromatic carboxylic acids is 1. The number of carbonyl (C=O) groups excluding carboxylic acids is 1. The predicted octanol–water partition coefficient (Wildman–Crippen LogP) is 2.94. The molecule has 0 saturated heterocycles. The van der Waals surface area contributed by atoms with Gasteiger partial charge in [0.2, 0.25) is 5.76 Å². The number of hydrogen-bond donors (Lipinski definition) is 1. The van der Waals surface area contributed by atoms with Crippen LogP contribution in [0.25, 0.3) is 0 Å². The van der Waals surface area contributed by atoms with Gasteiger partial charge in [-0.05, 0) is 31.2 Å². The van der Waals surface area contributed by atoms with Crippen molar-refractivity contribution in [2.24, 2.45) is 4.99 Å². The summed E-state index contributed by atoms with van der Waals surface area (Å²) in [5.74, 6) is -1.07. The molecule has 2 heterocycles. The predicted molar refractivity (Wildman–Crippen MR) is 88.2 cm³/mol. The second-order valence-corrected chi connectivity index (χ2v) is 6.04. The van der Waals surface area contributed by atoms with Crippen LogP contribution in [0.4, 0.5) is 0 Å². The monoisotopic (exact) mass is 342 g/mol. The summed E-state index contributed by atoms with van der Waals surface area (Å²) in [5, 5.41) is 10.7. The summed E-state index contributed by atoms with van der Waals surface area (Å²) in [6, 6.07) is 10.2. The molecular formula is C17H14N2O4S. The number of thiazole rings is 1. The van der Waals surface area contributed by atoms with Crippen molar-refractivity contribution in [3.63, 3.8) is 0 Å². The fourth-order valence-electron chi connectivity index (χ4n) is 2.18. The second-order valence-electron chi connectivity index (χ2n) is 5.17. The smallest absolute Gasteiger partial charge is 0.371 e. The van der Waals surface area contributed by atoms with Crippen LogP contribution in [0.3, 0.4) is 0 Å². The standard InChI is InChI=1S/C17H14N2O4S/c1-11-3-2-4-12(9-11)15(20)18-17-19(7-8-24-17)10-13-5-6-14(23-13)16(21)22/h2-9H,10H2,1H3,(H,21,22). The zero-order valence-electron chi connectivity index (χ0n) is 12.8. The Morgan fingerprint density at radius 3 is 2.83 bits per heavy atom. The molecule has 7 heteroatoms. The number of carboxylic acids is 1. The van der Waals surface area contributed by atoms with Crippen molar-refractivity contribution in [2.75, 3.05) is 0 Å². The Morgan fingerprint density at radius 1 is 1.29 bits per heavy atom. The molecule has 1 amide bonds. The van der Waals surface area contributed by atoms with Gasteiger partial charge >= 0.3 is 5.97 Å². The molecule has 1 N–H and O–H groups in total. The zero-order valence-corrected chi connectivity index (χ0v) is 13.6. The maximum Gasteiger partial charge on any atom is 0.371 e. The lowest BCUT2D eigenvalue weighted by Crippen LogP contribution is -2.16. The Balaban J connectivity index is 1.86. The van der Waals surface area contributed by atoms with Gasteiger partial charge < -0.3 is 14.1 Å². The summed E-state index contributed by atoms with van der Waals surface area (Å²) in [6.45, 7) is 2.22. The van der Waals surface area contributed by atoms with Crippen LogP contribution >= 0.6 is 11.3 Å². The van der Waals surface area contributed by atoms with Crippen molar-refractivity contribution in [1.29, 1.82) is 0 Å². The van der Waals surface area contributed by atoms with Gasteiger partial charge in [0.1, 0.15) is 5.76 Å². The molecule has 0 saturated carbocycles. The Morgan fingerprint density at radius 2 is 2.12 bits per heavy atom. The molecule has 24 heavy (non-hydrogen) atoms. The third-order valence-corrected chi connectivity index (χ3v) is 4.12. The third kappa shape index (κ3) is 3.52. The molecule has 0 bridgehead atoms. The highest BCUT2D eigenvalue weighted by atomic mass is 32.1. The number of benzene rings is 1. The van der Waals surface area contributed by atoms with Crippen molar-refractivity contribution < 1.29 is 19.1 Å². The lowest BCUT2D eigenvalue weighted by molar-refractivity contribution is 0.0660. The highest BCUT2D eigenvalue weighted by Gasteiger charge is 2.10. The number of aryl methyl sites for hydroxylation is 1. The first kappa shape index (κ1) is 15.9. The molecule has 0 radical (unpaired) electrons. The minimum atomic E-state index is -1.11. The van der Waals surface area contributed by atoms with E-state index in [1.807, 2.05) is 24.4 Å². The maximum absolute atomic E-state index is 12.3. The summed E-state index contributed by atoms with van der Waals surface area (Å²) >= 11 is 1.33. The van der Waals surface area contributed by atoms with Crippen molar-refractivity contribution in [1.82, 2.24) is 4.57 Å². The van der Waals surface area contributed by atoms with E-state index in [-0.39, 0.29) is 11.7 Å². The lowest BCUT2D eigenvalue weighted by atomic mass is 10.1. The third-order valence-electron chi connectivity index (χ3n) is 3.32. The van der Waals surface area contributed by atoms with Gasteiger partial charge in [-0.1, -0.05) is 17.7 Å². The molecule has 0 unspecified atom stereocenters. The van der Waals surface area contributed by atoms with E-state index >= 15 is 0 Å². The maximum atomic E-state index is 12.3. The second kappa shape index (κ2) is 6.67. The van der Waals surface area contributed by atoms with E-state index in [1.54, 1.807) is 29.0 Å². The number of carboxylic acid groups (broad SMARTS) is 1. The van der Waals surface area contributed by atoms with E-state index in [4.69, 9.17) is 9.52 Å². The van der Waals surface area contributed by atoms with Crippen LogP contribution < -0.4 is 4.80 Å². The molecular weight excluding hydrogens is 328 g/mol. The Labute approximate surface area is 141 Å². The first-order valence-corrected chi connectivity index (χ1v) is 8.02. The molecule has 6 nitrogen and oxygen atoms in total. The van der Waals surface area contributed by atoms with E-state index in [0.717, 1.165) is 5.56 Å². The summed E-state index contributed by atoms with van der Waals surface area (Å²) in [7, 11) is 0. The molecule has 0 aliphatic heterocycles. The summed E-state index contributed by atoms with van der Waals surface area (Å²) in [6.07, 6.45) is 1.77. The normalized spacial score (nSPS) is 11.6. The number of carbonyl (C=O) groups is 2. The number of rotatable bonds is 4. The Kier molecular flexibility index (Phi) is 4.43. The fourth-order valence-corrected chi connectivity index (χ4v) is 2.91. The topological polar surface area (TPSA) is 84.8 Å². The largest absolute Gasteiger partial charge is 0.475 e. The van der Waals surface area contributed by atoms with Crippen LogP contribution in [-0.4, -0.2) is 21.6 Å². The first-order valence-electron chi connectivity index (χ1n) is 7.14. The van der Waals surface area contributed by atoms with Crippen molar-refractivity contribution in [3.05, 3.63) is 75.4 Å². The van der Waals surface area contributed by atoms with Gasteiger partial charge in [-0.25, -0.2) is 4.79 Å². The SMILES string of the molecule is Cc1cccc(C(=O)N=c2sccn2Cc2ccc(C(=O)O)o2)c1. The number of furan rings is 1. The Hall–Kier alpha value is -2.93. The van der Waals surface area contributed by atoms with Gasteiger partial charge in [-0.2, -0.15) is 4.99 Å². The van der Waals surface area contributed by atoms with E-state index < -0.39 is 5.97 Å². The first-order chi connectivity index (χ1) is 11.5. The highest BCUT2D eigenvalue weighted by molar-refractivity contribution is 7.07. The van der Waals surface area contributed by atoms with Gasteiger partial charge in [-0.3, -0.25) is 4.79 Å². The molecule has 0 fully saturated rings. The quantitative estimate of drug-likeness (QED) is 0.790. The molecule has 3 rings (SSSR count). The molecule has 0 aliphatic rings. The van der Waals surface area contributed by atoms with Gasteiger partial charge in [-0.15, -0.1) is 11.3 Å². The lowest BCUT2D eigenvalue weighted by Gasteiger charge is -2.00. The van der Waals surface area contributed by atoms with Crippen LogP contribution in [0.5, 0.6) is 0 Å². The Bertz CT molecular complexity index is 965. The van der Waals surface area contributed by atoms with E-state index in [0.29, 0.717) is 22.7 Å². The summed E-state index contributed by atoms with van der Waals surface area (Å²) < 4.78 is 6.98. The highest BCUT2D eigenvalue weighted by Crippen LogP contribution is 2.10. The van der Waals surface area contributed by atoms with Crippen molar-refractivity contribution in [3.8, 4) is 0 Å². The molecule has 3 aromatic rings. The molecule has 2 aromatic heterocycles. The van der Waals surface area contributed by atoms with Gasteiger partial charge in [0, 0.05) is 17.1 Å². The molecule has 0 aliphatic carbocycles. The average molecular weight is 342 g/mol. The van der Waals surface area contributed by atoms with Gasteiger partial charge in [0.15, 0.2) is 4.80 Å². The number of amides is 1. The van der Waals surface area contributed by atoms with Gasteiger partial charge in [0.25, 0.3) is 5.91 Å². The van der Waals surface area contributed by atoms with Crippen LogP contribution in [-0.2, 0) is 6.54 Å². The van der Waals surface area contributed by atoms with E-state index in [1.165, 1.54) is 17.4 Å². The molecule has 0 spiro atoms. The molecule has 1 aromatic carbocycles. The van der Waals surface area contributed by atoms with Crippen LogP contribution in [0, 0.1) is 6.92 Å². The van der Waals surface area contributed by atoms with Crippen molar-refractivity contribution in [2.45, 2.75) is 13.5 Å². The fraction of sp³-hybridized carbons (Fsp3) is 0.118. The summed E-state index contributed by atoms with van der Waals surface area (Å²) in [4.78, 5) is 27.8. The molecule has 122 valence electrons. The van der Waals surface area contributed by atoms with Crippen molar-refractivity contribution >= 4 is 23.2 Å². The van der Waals surface area contributed by atoms with Crippen LogP contribution in [0.15, 0.2) is 57.4 Å². The van der Waals surface area contributed by atoms with E-state index in [2.05, 4.69) is 4.99 Å². The average Bonchev–Trinajstić information content (AvgIpc) is 3.18. The van der Waals surface area contributed by atoms with Crippen LogP contribution in [0.1, 0.15) is 32.2 Å². The van der Waals surface area contributed by atoms with Gasteiger partial charge in [0.05, 0.1) is 6.54 Å².